The molecule has 2 heterocycles. The number of aromatic nitrogens is 2. The number of nitrogens with one attached hydrogen (secondary N) is 1. The Morgan fingerprint density at radius 1 is 1.38 bits per heavy atom. The molecule has 1 N–H and O–H groups in total. The van der Waals surface area contributed by atoms with Crippen molar-refractivity contribution in [2.24, 2.45) is 5.92 Å². The van der Waals surface area contributed by atoms with E-state index < -0.39 is 0 Å². The second-order valence-corrected chi connectivity index (χ2v) is 5.00. The molecule has 90 valence electrons. The van der Waals surface area contributed by atoms with Crippen molar-refractivity contribution in [1.29, 1.82) is 0 Å². The first-order valence-electron chi connectivity index (χ1n) is 6.31. The molecular formula is C12H21N3O. The summed E-state index contributed by atoms with van der Waals surface area (Å²) in [6, 6.07) is 0.298. The monoisotopic (exact) mass is 223 g/mol. The van der Waals surface area contributed by atoms with Crippen LogP contribution in [0, 0.1) is 5.92 Å². The third kappa shape index (κ3) is 3.04. The van der Waals surface area contributed by atoms with E-state index in [0.29, 0.717) is 12.0 Å². The standard InChI is InChI=1S/C12H21N3O/c1-9(2)8-11-14-12(15-16-11)10-6-4-3-5-7-13-10/h9-10,13H,3-8H2,1-2H3/t10-/m0/s1. The molecule has 0 spiro atoms. The van der Waals surface area contributed by atoms with Gasteiger partial charge in [0.1, 0.15) is 0 Å². The summed E-state index contributed by atoms with van der Waals surface area (Å²) in [5.41, 5.74) is 0. The smallest absolute Gasteiger partial charge is 0.226 e. The zero-order valence-corrected chi connectivity index (χ0v) is 10.2. The van der Waals surface area contributed by atoms with Crippen LogP contribution in [0.3, 0.4) is 0 Å². The molecule has 16 heavy (non-hydrogen) atoms. The van der Waals surface area contributed by atoms with E-state index in [1.54, 1.807) is 0 Å². The molecule has 0 aromatic carbocycles. The van der Waals surface area contributed by atoms with Gasteiger partial charge in [0.05, 0.1) is 6.04 Å². The van der Waals surface area contributed by atoms with Crippen molar-refractivity contribution in [2.45, 2.75) is 52.0 Å². The molecule has 1 saturated heterocycles. The molecule has 1 aliphatic rings. The molecule has 1 aromatic heterocycles. The predicted molar refractivity (Wildman–Crippen MR) is 62.1 cm³/mol. The number of rotatable bonds is 3. The lowest BCUT2D eigenvalue weighted by molar-refractivity contribution is 0.352. The SMILES string of the molecule is CC(C)Cc1nc([C@@H]2CCCCCN2)no1. The second kappa shape index (κ2) is 5.43. The fourth-order valence-electron chi connectivity index (χ4n) is 2.09. The van der Waals surface area contributed by atoms with Gasteiger partial charge in [0.2, 0.25) is 5.89 Å². The predicted octanol–water partition coefficient (Wildman–Crippen LogP) is 2.47. The molecular weight excluding hydrogens is 202 g/mol. The maximum Gasteiger partial charge on any atom is 0.226 e. The molecule has 0 bridgehead atoms. The van der Waals surface area contributed by atoms with Gasteiger partial charge in [-0.1, -0.05) is 31.8 Å². The van der Waals surface area contributed by atoms with Crippen LogP contribution in [0.2, 0.25) is 0 Å². The summed E-state index contributed by atoms with van der Waals surface area (Å²) in [6.45, 7) is 5.39. The minimum absolute atomic E-state index is 0.298. The van der Waals surface area contributed by atoms with Crippen LogP contribution in [0.15, 0.2) is 4.52 Å². The van der Waals surface area contributed by atoms with Crippen LogP contribution < -0.4 is 5.32 Å². The first-order valence-corrected chi connectivity index (χ1v) is 6.31. The van der Waals surface area contributed by atoms with Gasteiger partial charge in [0.25, 0.3) is 0 Å². The van der Waals surface area contributed by atoms with Gasteiger partial charge in [-0.15, -0.1) is 0 Å². The van der Waals surface area contributed by atoms with Crippen LogP contribution in [-0.2, 0) is 6.42 Å². The highest BCUT2D eigenvalue weighted by Crippen LogP contribution is 2.20. The molecule has 1 atom stereocenters. The Labute approximate surface area is 96.8 Å². The summed E-state index contributed by atoms with van der Waals surface area (Å²) in [5, 5.41) is 7.57. The average Bonchev–Trinajstić information content (AvgIpc) is 2.53. The Kier molecular flexibility index (Phi) is 3.93. The summed E-state index contributed by atoms with van der Waals surface area (Å²) in [4.78, 5) is 4.48. The lowest BCUT2D eigenvalue weighted by atomic mass is 10.1. The minimum atomic E-state index is 0.298. The van der Waals surface area contributed by atoms with Gasteiger partial charge < -0.3 is 9.84 Å². The van der Waals surface area contributed by atoms with Gasteiger partial charge in [-0.25, -0.2) is 0 Å². The zero-order valence-electron chi connectivity index (χ0n) is 10.2. The molecule has 4 heteroatoms. The molecule has 1 aromatic rings. The van der Waals surface area contributed by atoms with Gasteiger partial charge in [-0.3, -0.25) is 0 Å². The van der Waals surface area contributed by atoms with E-state index >= 15 is 0 Å². The average molecular weight is 223 g/mol. The Morgan fingerprint density at radius 3 is 3.06 bits per heavy atom. The van der Waals surface area contributed by atoms with Gasteiger partial charge in [-0.2, -0.15) is 4.98 Å². The molecule has 0 saturated carbocycles. The first kappa shape index (κ1) is 11.6. The van der Waals surface area contributed by atoms with E-state index in [9.17, 15) is 0 Å². The topological polar surface area (TPSA) is 51.0 Å². The summed E-state index contributed by atoms with van der Waals surface area (Å²) in [5.74, 6) is 2.18. The summed E-state index contributed by atoms with van der Waals surface area (Å²) >= 11 is 0. The van der Waals surface area contributed by atoms with Crippen LogP contribution in [0.1, 0.15) is 57.3 Å². The van der Waals surface area contributed by atoms with Gasteiger partial charge >= 0.3 is 0 Å². The van der Waals surface area contributed by atoms with E-state index in [-0.39, 0.29) is 0 Å². The molecule has 0 amide bonds. The van der Waals surface area contributed by atoms with Crippen molar-refractivity contribution in [1.82, 2.24) is 15.5 Å². The van der Waals surface area contributed by atoms with Crippen molar-refractivity contribution < 1.29 is 4.52 Å². The van der Waals surface area contributed by atoms with Crippen molar-refractivity contribution in [3.8, 4) is 0 Å². The Hall–Kier alpha value is -0.900. The summed E-state index contributed by atoms with van der Waals surface area (Å²) < 4.78 is 5.27. The van der Waals surface area contributed by atoms with Crippen molar-refractivity contribution in [3.63, 3.8) is 0 Å². The van der Waals surface area contributed by atoms with Crippen LogP contribution in [0.4, 0.5) is 0 Å². The van der Waals surface area contributed by atoms with Crippen LogP contribution in [-0.4, -0.2) is 16.7 Å². The third-order valence-electron chi connectivity index (χ3n) is 2.94. The quantitative estimate of drug-likeness (QED) is 0.855. The lowest BCUT2D eigenvalue weighted by Crippen LogP contribution is -2.21. The first-order chi connectivity index (χ1) is 7.75. The molecule has 1 fully saturated rings. The molecule has 0 radical (unpaired) electrons. The zero-order chi connectivity index (χ0) is 11.4. The van der Waals surface area contributed by atoms with E-state index in [4.69, 9.17) is 4.52 Å². The summed E-state index contributed by atoms with van der Waals surface area (Å²) in [6.07, 6.45) is 5.82. The Bertz CT molecular complexity index is 314. The Morgan fingerprint density at radius 2 is 2.25 bits per heavy atom. The van der Waals surface area contributed by atoms with E-state index in [1.807, 2.05) is 0 Å². The van der Waals surface area contributed by atoms with E-state index in [0.717, 1.165) is 31.1 Å². The van der Waals surface area contributed by atoms with E-state index in [1.165, 1.54) is 19.3 Å². The maximum absolute atomic E-state index is 5.27. The molecule has 4 nitrogen and oxygen atoms in total. The van der Waals surface area contributed by atoms with Gasteiger partial charge in [0.15, 0.2) is 5.82 Å². The lowest BCUT2D eigenvalue weighted by Gasteiger charge is -2.09. The summed E-state index contributed by atoms with van der Waals surface area (Å²) in [7, 11) is 0. The highest BCUT2D eigenvalue weighted by molar-refractivity contribution is 4.95. The van der Waals surface area contributed by atoms with Gasteiger partial charge in [0, 0.05) is 6.42 Å². The fraction of sp³-hybridized carbons (Fsp3) is 0.833. The largest absolute Gasteiger partial charge is 0.339 e. The van der Waals surface area contributed by atoms with Gasteiger partial charge in [-0.05, 0) is 25.3 Å². The van der Waals surface area contributed by atoms with Crippen molar-refractivity contribution >= 4 is 0 Å². The van der Waals surface area contributed by atoms with Crippen molar-refractivity contribution in [2.75, 3.05) is 6.54 Å². The molecule has 0 aliphatic carbocycles. The third-order valence-corrected chi connectivity index (χ3v) is 2.94. The Balaban J connectivity index is 1.99. The number of nitrogens with zero attached hydrogens (tertiary/aromatic N) is 2. The van der Waals surface area contributed by atoms with Crippen LogP contribution in [0.25, 0.3) is 0 Å². The molecule has 2 rings (SSSR count). The minimum Gasteiger partial charge on any atom is -0.339 e. The molecule has 0 unspecified atom stereocenters. The van der Waals surface area contributed by atoms with Crippen molar-refractivity contribution in [3.05, 3.63) is 11.7 Å². The van der Waals surface area contributed by atoms with Crippen LogP contribution in [0.5, 0.6) is 0 Å². The highest BCUT2D eigenvalue weighted by Gasteiger charge is 2.19. The second-order valence-electron chi connectivity index (χ2n) is 5.00. The fourth-order valence-corrected chi connectivity index (χ4v) is 2.09. The van der Waals surface area contributed by atoms with Crippen LogP contribution >= 0.6 is 0 Å². The highest BCUT2D eigenvalue weighted by atomic mass is 16.5. The van der Waals surface area contributed by atoms with E-state index in [2.05, 4.69) is 29.3 Å². The maximum atomic E-state index is 5.27. The normalized spacial score (nSPS) is 22.3. The molecule has 1 aliphatic heterocycles. The number of hydrogen-bond donors (Lipinski definition) is 1. The number of hydrogen-bond acceptors (Lipinski definition) is 4.